The van der Waals surface area contributed by atoms with Crippen molar-refractivity contribution in [3.05, 3.63) is 35.4 Å². The van der Waals surface area contributed by atoms with Gasteiger partial charge < -0.3 is 5.11 Å². The van der Waals surface area contributed by atoms with Crippen LogP contribution in [0.3, 0.4) is 0 Å². The minimum Gasteiger partial charge on any atom is -0.393 e. The van der Waals surface area contributed by atoms with Crippen LogP contribution in [0, 0.1) is 11.8 Å². The number of hydrogen-bond acceptors (Lipinski definition) is 1. The highest BCUT2D eigenvalue weighted by Gasteiger charge is 2.29. The van der Waals surface area contributed by atoms with Crippen LogP contribution in [0.15, 0.2) is 24.3 Å². The van der Waals surface area contributed by atoms with Crippen molar-refractivity contribution < 1.29 is 5.11 Å². The van der Waals surface area contributed by atoms with Crippen molar-refractivity contribution in [2.45, 2.75) is 45.6 Å². The van der Waals surface area contributed by atoms with E-state index in [4.69, 9.17) is 0 Å². The highest BCUT2D eigenvalue weighted by molar-refractivity contribution is 5.32. The Hall–Kier alpha value is -0.820. The van der Waals surface area contributed by atoms with Gasteiger partial charge in [0.05, 0.1) is 6.10 Å². The third-order valence-electron chi connectivity index (χ3n) is 3.89. The first-order valence-electron chi connectivity index (χ1n) is 6.47. The highest BCUT2D eigenvalue weighted by Crippen LogP contribution is 2.32. The number of benzene rings is 1. The van der Waals surface area contributed by atoms with Crippen LogP contribution in [-0.2, 0) is 12.8 Å². The average molecular weight is 218 g/mol. The molecule has 1 heteroatoms. The zero-order valence-corrected chi connectivity index (χ0v) is 10.3. The van der Waals surface area contributed by atoms with Gasteiger partial charge in [-0.3, -0.25) is 0 Å². The number of aliphatic hydroxyl groups is 1. The standard InChI is InChI=1S/C15H22O/c1-3-6-11(2)15(16)14-9-12-7-4-5-8-13(12)10-14/h4-5,7-8,11,14-16H,3,6,9-10H2,1-2H3. The second-order valence-corrected chi connectivity index (χ2v) is 5.19. The van der Waals surface area contributed by atoms with E-state index in [1.807, 2.05) is 0 Å². The average Bonchev–Trinajstić information content (AvgIpc) is 2.71. The lowest BCUT2D eigenvalue weighted by Gasteiger charge is -2.24. The summed E-state index contributed by atoms with van der Waals surface area (Å²) in [5.74, 6) is 0.878. The molecule has 0 saturated carbocycles. The number of aliphatic hydroxyl groups excluding tert-OH is 1. The van der Waals surface area contributed by atoms with Crippen LogP contribution in [0.4, 0.5) is 0 Å². The Morgan fingerprint density at radius 2 is 1.81 bits per heavy atom. The van der Waals surface area contributed by atoms with E-state index in [2.05, 4.69) is 38.1 Å². The van der Waals surface area contributed by atoms with Crippen LogP contribution in [-0.4, -0.2) is 11.2 Å². The molecule has 88 valence electrons. The maximum Gasteiger partial charge on any atom is 0.0600 e. The second kappa shape index (κ2) is 5.01. The van der Waals surface area contributed by atoms with Crippen molar-refractivity contribution in [2.75, 3.05) is 0 Å². The summed E-state index contributed by atoms with van der Waals surface area (Å²) in [6.07, 6.45) is 4.29. The SMILES string of the molecule is CCCC(C)C(O)C1Cc2ccccc2C1. The van der Waals surface area contributed by atoms with E-state index in [0.29, 0.717) is 11.8 Å². The van der Waals surface area contributed by atoms with Crippen molar-refractivity contribution in [1.82, 2.24) is 0 Å². The molecule has 2 unspecified atom stereocenters. The van der Waals surface area contributed by atoms with E-state index in [9.17, 15) is 5.11 Å². The van der Waals surface area contributed by atoms with Gasteiger partial charge in [-0.1, -0.05) is 44.5 Å². The minimum absolute atomic E-state index is 0.132. The second-order valence-electron chi connectivity index (χ2n) is 5.19. The summed E-state index contributed by atoms with van der Waals surface area (Å²) in [4.78, 5) is 0. The number of fused-ring (bicyclic) bond motifs is 1. The molecule has 2 atom stereocenters. The summed E-state index contributed by atoms with van der Waals surface area (Å²) in [7, 11) is 0. The third kappa shape index (κ3) is 2.30. The predicted molar refractivity (Wildman–Crippen MR) is 67.4 cm³/mol. The Labute approximate surface area is 98.5 Å². The molecule has 1 N–H and O–H groups in total. The first-order chi connectivity index (χ1) is 7.72. The Bertz CT molecular complexity index is 320. The molecule has 1 aromatic carbocycles. The van der Waals surface area contributed by atoms with E-state index in [1.54, 1.807) is 0 Å². The van der Waals surface area contributed by atoms with Crippen LogP contribution >= 0.6 is 0 Å². The van der Waals surface area contributed by atoms with E-state index in [1.165, 1.54) is 11.1 Å². The molecule has 0 saturated heterocycles. The van der Waals surface area contributed by atoms with Crippen LogP contribution < -0.4 is 0 Å². The molecule has 0 amide bonds. The van der Waals surface area contributed by atoms with Gasteiger partial charge in [0.25, 0.3) is 0 Å². The quantitative estimate of drug-likeness (QED) is 0.823. The van der Waals surface area contributed by atoms with Crippen LogP contribution in [0.2, 0.25) is 0 Å². The van der Waals surface area contributed by atoms with E-state index in [-0.39, 0.29) is 6.10 Å². The van der Waals surface area contributed by atoms with Gasteiger partial charge in [0, 0.05) is 0 Å². The zero-order chi connectivity index (χ0) is 11.5. The molecule has 1 aliphatic carbocycles. The van der Waals surface area contributed by atoms with Gasteiger partial charge in [-0.15, -0.1) is 0 Å². The highest BCUT2D eigenvalue weighted by atomic mass is 16.3. The normalized spacial score (nSPS) is 19.4. The molecule has 1 aliphatic rings. The van der Waals surface area contributed by atoms with Crippen molar-refractivity contribution in [3.8, 4) is 0 Å². The summed E-state index contributed by atoms with van der Waals surface area (Å²) in [6, 6.07) is 8.60. The van der Waals surface area contributed by atoms with E-state index >= 15 is 0 Å². The van der Waals surface area contributed by atoms with E-state index in [0.717, 1.165) is 25.7 Å². The van der Waals surface area contributed by atoms with Crippen LogP contribution in [0.5, 0.6) is 0 Å². The van der Waals surface area contributed by atoms with Gasteiger partial charge in [0.15, 0.2) is 0 Å². The first kappa shape index (κ1) is 11.7. The molecule has 0 aromatic heterocycles. The molecule has 2 rings (SSSR count). The van der Waals surface area contributed by atoms with E-state index < -0.39 is 0 Å². The third-order valence-corrected chi connectivity index (χ3v) is 3.89. The van der Waals surface area contributed by atoms with Gasteiger partial charge in [-0.05, 0) is 42.2 Å². The zero-order valence-electron chi connectivity index (χ0n) is 10.3. The molecule has 0 fully saturated rings. The molecule has 16 heavy (non-hydrogen) atoms. The van der Waals surface area contributed by atoms with Crippen LogP contribution in [0.25, 0.3) is 0 Å². The Morgan fingerprint density at radius 1 is 1.25 bits per heavy atom. The van der Waals surface area contributed by atoms with Gasteiger partial charge in [-0.2, -0.15) is 0 Å². The number of rotatable bonds is 4. The van der Waals surface area contributed by atoms with Crippen molar-refractivity contribution >= 4 is 0 Å². The smallest absolute Gasteiger partial charge is 0.0600 e. The van der Waals surface area contributed by atoms with Crippen molar-refractivity contribution in [1.29, 1.82) is 0 Å². The van der Waals surface area contributed by atoms with Gasteiger partial charge in [0.1, 0.15) is 0 Å². The molecule has 0 spiro atoms. The Morgan fingerprint density at radius 3 is 2.31 bits per heavy atom. The summed E-state index contributed by atoms with van der Waals surface area (Å²) in [6.45, 7) is 4.36. The van der Waals surface area contributed by atoms with Gasteiger partial charge >= 0.3 is 0 Å². The fraction of sp³-hybridized carbons (Fsp3) is 0.600. The van der Waals surface area contributed by atoms with Crippen molar-refractivity contribution in [3.63, 3.8) is 0 Å². The lowest BCUT2D eigenvalue weighted by molar-refractivity contribution is 0.0574. The first-order valence-corrected chi connectivity index (χ1v) is 6.47. The molecule has 1 nitrogen and oxygen atoms in total. The molecular formula is C15H22O. The number of hydrogen-bond donors (Lipinski definition) is 1. The minimum atomic E-state index is -0.132. The van der Waals surface area contributed by atoms with Crippen LogP contribution in [0.1, 0.15) is 37.8 Å². The fourth-order valence-electron chi connectivity index (χ4n) is 2.93. The molecule has 1 aromatic rings. The lowest BCUT2D eigenvalue weighted by atomic mass is 9.87. The van der Waals surface area contributed by atoms with Gasteiger partial charge in [-0.25, -0.2) is 0 Å². The predicted octanol–water partition coefficient (Wildman–Crippen LogP) is 3.20. The molecule has 0 radical (unpaired) electrons. The molecule has 0 bridgehead atoms. The maximum atomic E-state index is 10.3. The van der Waals surface area contributed by atoms with Crippen molar-refractivity contribution in [2.24, 2.45) is 11.8 Å². The molecule has 0 heterocycles. The Balaban J connectivity index is 2.00. The largest absolute Gasteiger partial charge is 0.393 e. The lowest BCUT2D eigenvalue weighted by Crippen LogP contribution is -2.28. The maximum absolute atomic E-state index is 10.3. The summed E-state index contributed by atoms with van der Waals surface area (Å²) >= 11 is 0. The van der Waals surface area contributed by atoms with Gasteiger partial charge in [0.2, 0.25) is 0 Å². The molecule has 0 aliphatic heterocycles. The monoisotopic (exact) mass is 218 g/mol. The summed E-state index contributed by atoms with van der Waals surface area (Å²) < 4.78 is 0. The summed E-state index contributed by atoms with van der Waals surface area (Å²) in [5, 5.41) is 10.3. The molecular weight excluding hydrogens is 196 g/mol. The fourth-order valence-corrected chi connectivity index (χ4v) is 2.93. The Kier molecular flexibility index (Phi) is 3.65. The summed E-state index contributed by atoms with van der Waals surface area (Å²) in [5.41, 5.74) is 2.88. The topological polar surface area (TPSA) is 20.2 Å².